The Bertz CT molecular complexity index is 1430. The number of nitrogens with zero attached hydrogens (tertiary/aromatic N) is 3. The topological polar surface area (TPSA) is 102 Å². The molecule has 0 aliphatic rings. The molecule has 0 aliphatic carbocycles. The number of aryl methyl sites for hydroxylation is 1. The van der Waals surface area contributed by atoms with Gasteiger partial charge in [-0.3, -0.25) is 0 Å². The third-order valence-corrected chi connectivity index (χ3v) is 7.36. The van der Waals surface area contributed by atoms with Gasteiger partial charge in [0.2, 0.25) is 5.13 Å². The molecule has 4 rings (SSSR count). The highest BCUT2D eigenvalue weighted by atomic mass is 32.2. The van der Waals surface area contributed by atoms with Gasteiger partial charge in [0.15, 0.2) is 15.5 Å². The number of carboxylic acid groups (broad SMARTS) is 1. The van der Waals surface area contributed by atoms with Crippen LogP contribution >= 0.6 is 11.3 Å². The van der Waals surface area contributed by atoms with Crippen LogP contribution in [-0.4, -0.2) is 40.5 Å². The summed E-state index contributed by atoms with van der Waals surface area (Å²) in [6.07, 6.45) is 1.09. The van der Waals surface area contributed by atoms with E-state index in [0.717, 1.165) is 28.0 Å². The average Bonchev–Trinajstić information content (AvgIpc) is 3.29. The lowest BCUT2D eigenvalue weighted by molar-refractivity contribution is 0.0692. The lowest BCUT2D eigenvalue weighted by Gasteiger charge is -2.05. The van der Waals surface area contributed by atoms with Crippen LogP contribution in [0.1, 0.15) is 40.7 Å². The summed E-state index contributed by atoms with van der Waals surface area (Å²) in [7, 11) is -3.49. The van der Waals surface area contributed by atoms with Crippen LogP contribution in [0.15, 0.2) is 47.4 Å². The van der Waals surface area contributed by atoms with Gasteiger partial charge in [0.05, 0.1) is 16.1 Å². The van der Waals surface area contributed by atoms with Crippen molar-refractivity contribution in [3.63, 3.8) is 0 Å². The van der Waals surface area contributed by atoms with E-state index in [1.165, 1.54) is 28.2 Å². The molecule has 9 heteroatoms. The number of thiazole rings is 1. The zero-order valence-electron chi connectivity index (χ0n) is 17.4. The summed E-state index contributed by atoms with van der Waals surface area (Å²) in [5, 5.41) is 14.7. The zero-order valence-corrected chi connectivity index (χ0v) is 19.1. The molecule has 2 heterocycles. The molecule has 0 unspecified atom stereocenters. The third kappa shape index (κ3) is 3.86. The number of hydrogen-bond acceptors (Lipinski definition) is 6. The second-order valence-electron chi connectivity index (χ2n) is 7.75. The highest BCUT2D eigenvalue weighted by Gasteiger charge is 2.23. The molecule has 0 fully saturated rings. The maximum absolute atomic E-state index is 12.0. The van der Waals surface area contributed by atoms with E-state index in [9.17, 15) is 18.3 Å². The van der Waals surface area contributed by atoms with Crippen molar-refractivity contribution in [1.82, 2.24) is 14.8 Å². The summed E-state index contributed by atoms with van der Waals surface area (Å²) < 4.78 is 25.4. The SMILES string of the molecule is Cc1cccc(-c2nc(-n3nc(C(=O)O)c4cc(S(C)(=O)=O)ccc43)sc2C(C)C)c1. The minimum Gasteiger partial charge on any atom is -0.476 e. The lowest BCUT2D eigenvalue weighted by atomic mass is 10.0. The molecular formula is C22H21N3O4S2. The van der Waals surface area contributed by atoms with Crippen molar-refractivity contribution in [2.75, 3.05) is 6.26 Å². The molecule has 0 radical (unpaired) electrons. The number of fused-ring (bicyclic) bond motifs is 1. The van der Waals surface area contributed by atoms with E-state index in [2.05, 4.69) is 25.0 Å². The number of hydrogen-bond donors (Lipinski definition) is 1. The second kappa shape index (κ2) is 7.58. The molecule has 1 N–H and O–H groups in total. The number of rotatable bonds is 5. The summed E-state index contributed by atoms with van der Waals surface area (Å²) >= 11 is 1.45. The molecule has 7 nitrogen and oxygen atoms in total. The van der Waals surface area contributed by atoms with Gasteiger partial charge in [-0.2, -0.15) is 5.10 Å². The first-order valence-corrected chi connectivity index (χ1v) is 12.3. The Balaban J connectivity index is 1.97. The third-order valence-electron chi connectivity index (χ3n) is 4.92. The van der Waals surface area contributed by atoms with Crippen molar-refractivity contribution < 1.29 is 18.3 Å². The highest BCUT2D eigenvalue weighted by Crippen LogP contribution is 2.37. The van der Waals surface area contributed by atoms with Crippen LogP contribution in [0.2, 0.25) is 0 Å². The van der Waals surface area contributed by atoms with Gasteiger partial charge in [-0.25, -0.2) is 22.9 Å². The normalized spacial score (nSPS) is 12.0. The van der Waals surface area contributed by atoms with Gasteiger partial charge in [0.1, 0.15) is 0 Å². The van der Waals surface area contributed by atoms with Gasteiger partial charge in [0, 0.05) is 22.1 Å². The maximum atomic E-state index is 12.0. The van der Waals surface area contributed by atoms with Crippen LogP contribution in [0.5, 0.6) is 0 Å². The Morgan fingerprint density at radius 1 is 1.16 bits per heavy atom. The van der Waals surface area contributed by atoms with Gasteiger partial charge in [-0.05, 0) is 37.1 Å². The fraction of sp³-hybridized carbons (Fsp3) is 0.227. The highest BCUT2D eigenvalue weighted by molar-refractivity contribution is 7.90. The molecule has 4 aromatic rings. The number of sulfone groups is 1. The number of aromatic carboxylic acids is 1. The van der Waals surface area contributed by atoms with Crippen molar-refractivity contribution >= 4 is 38.0 Å². The molecule has 0 spiro atoms. The molecule has 31 heavy (non-hydrogen) atoms. The van der Waals surface area contributed by atoms with Crippen LogP contribution in [0, 0.1) is 6.92 Å². The quantitative estimate of drug-likeness (QED) is 0.469. The van der Waals surface area contributed by atoms with Gasteiger partial charge in [0.25, 0.3) is 0 Å². The van der Waals surface area contributed by atoms with Crippen molar-refractivity contribution in [3.8, 4) is 16.4 Å². The van der Waals surface area contributed by atoms with E-state index in [4.69, 9.17) is 4.98 Å². The standard InChI is InChI=1S/C22H21N3O4S2/c1-12(2)20-18(14-7-5-6-13(3)10-14)23-22(30-20)25-17-9-8-15(31(4,28)29)11-16(17)19(24-25)21(26)27/h5-12H,1-4H3,(H,26,27). The summed E-state index contributed by atoms with van der Waals surface area (Å²) in [5.41, 5.74) is 3.23. The molecule has 0 saturated carbocycles. The van der Waals surface area contributed by atoms with Crippen molar-refractivity contribution in [2.24, 2.45) is 0 Å². The number of carbonyl (C=O) groups is 1. The fourth-order valence-electron chi connectivity index (χ4n) is 3.43. The van der Waals surface area contributed by atoms with E-state index < -0.39 is 15.8 Å². The summed E-state index contributed by atoms with van der Waals surface area (Å²) in [5.74, 6) is -1.02. The minimum absolute atomic E-state index is 0.0458. The van der Waals surface area contributed by atoms with E-state index in [1.54, 1.807) is 6.07 Å². The molecule has 0 saturated heterocycles. The van der Waals surface area contributed by atoms with Gasteiger partial charge in [-0.1, -0.05) is 48.9 Å². The number of aromatic nitrogens is 3. The summed E-state index contributed by atoms with van der Waals surface area (Å²) in [6, 6.07) is 12.5. The minimum atomic E-state index is -3.49. The average molecular weight is 456 g/mol. The summed E-state index contributed by atoms with van der Waals surface area (Å²) in [6.45, 7) is 6.18. The number of benzene rings is 2. The van der Waals surface area contributed by atoms with Crippen molar-refractivity contribution in [2.45, 2.75) is 31.6 Å². The monoisotopic (exact) mass is 455 g/mol. The van der Waals surface area contributed by atoms with Crippen LogP contribution < -0.4 is 0 Å². The summed E-state index contributed by atoms with van der Waals surface area (Å²) in [4.78, 5) is 17.7. The van der Waals surface area contributed by atoms with Crippen molar-refractivity contribution in [1.29, 1.82) is 0 Å². The molecule has 0 bridgehead atoms. The Morgan fingerprint density at radius 3 is 2.52 bits per heavy atom. The predicted molar refractivity (Wildman–Crippen MR) is 121 cm³/mol. The van der Waals surface area contributed by atoms with E-state index >= 15 is 0 Å². The van der Waals surface area contributed by atoms with E-state index in [0.29, 0.717) is 10.6 Å². The molecular weight excluding hydrogens is 434 g/mol. The molecule has 0 amide bonds. The van der Waals surface area contributed by atoms with Crippen LogP contribution in [-0.2, 0) is 9.84 Å². The smallest absolute Gasteiger partial charge is 0.357 e. The van der Waals surface area contributed by atoms with Crippen LogP contribution in [0.25, 0.3) is 27.3 Å². The van der Waals surface area contributed by atoms with E-state index in [1.807, 2.05) is 25.1 Å². The molecule has 2 aromatic heterocycles. The fourth-order valence-corrected chi connectivity index (χ4v) is 5.14. The molecule has 0 aliphatic heterocycles. The maximum Gasteiger partial charge on any atom is 0.357 e. The van der Waals surface area contributed by atoms with Gasteiger partial charge < -0.3 is 5.11 Å². The number of carboxylic acids is 1. The molecule has 160 valence electrons. The van der Waals surface area contributed by atoms with Crippen molar-refractivity contribution in [3.05, 3.63) is 58.6 Å². The van der Waals surface area contributed by atoms with Crippen LogP contribution in [0.3, 0.4) is 0 Å². The largest absolute Gasteiger partial charge is 0.476 e. The Labute approximate surface area is 183 Å². The predicted octanol–water partition coefficient (Wildman–Crippen LogP) is 4.68. The second-order valence-corrected chi connectivity index (χ2v) is 10.8. The Hall–Kier alpha value is -3.04. The molecule has 2 aromatic carbocycles. The first-order valence-electron chi connectivity index (χ1n) is 9.60. The van der Waals surface area contributed by atoms with Gasteiger partial charge in [-0.15, -0.1) is 0 Å². The Morgan fingerprint density at radius 2 is 1.90 bits per heavy atom. The zero-order chi connectivity index (χ0) is 22.5. The van der Waals surface area contributed by atoms with E-state index in [-0.39, 0.29) is 21.9 Å². The first kappa shape index (κ1) is 21.2. The lowest BCUT2D eigenvalue weighted by Crippen LogP contribution is -2.01. The van der Waals surface area contributed by atoms with Gasteiger partial charge >= 0.3 is 5.97 Å². The Kier molecular flexibility index (Phi) is 5.18. The molecule has 0 atom stereocenters. The van der Waals surface area contributed by atoms with Crippen LogP contribution in [0.4, 0.5) is 0 Å². The first-order chi connectivity index (χ1) is 14.6.